The first kappa shape index (κ1) is 20.2. The second-order valence-electron chi connectivity index (χ2n) is 6.48. The summed E-state index contributed by atoms with van der Waals surface area (Å²) in [5, 5.41) is 30.9. The zero-order valence-corrected chi connectivity index (χ0v) is 16.8. The number of ether oxygens (including phenoxy) is 1. The Hall–Kier alpha value is -4.11. The molecule has 4 rings (SSSR count). The first-order valence-electron chi connectivity index (χ1n) is 8.94. The van der Waals surface area contributed by atoms with E-state index in [4.69, 9.17) is 16.3 Å². The third-order valence-electron chi connectivity index (χ3n) is 4.57. The number of hydrogen-bond donors (Lipinski definition) is 2. The third-order valence-corrected chi connectivity index (χ3v) is 4.90. The maximum absolute atomic E-state index is 11.1. The minimum absolute atomic E-state index is 0.0109. The minimum Gasteiger partial charge on any atom is -0.504 e. The Bertz CT molecular complexity index is 1350. The fourth-order valence-electron chi connectivity index (χ4n) is 3.07. The molecular weight excluding hydrogens is 424 g/mol. The van der Waals surface area contributed by atoms with Crippen LogP contribution in [0.4, 0.5) is 11.5 Å². The standard InChI is InChI=1S/C21H15ClN4O5/c1-31-18-9-12(5-6-16(18)27)20-21(25-7-3-2-4-19(25)24-20)23-11-13-8-15(26(29)30)17(28)10-14(13)22/h2-11,27-28H,1H3. The van der Waals surface area contributed by atoms with E-state index in [1.165, 1.54) is 19.4 Å². The van der Waals surface area contributed by atoms with Crippen LogP contribution >= 0.6 is 11.6 Å². The normalized spacial score (nSPS) is 11.3. The van der Waals surface area contributed by atoms with Gasteiger partial charge in [-0.05, 0) is 30.3 Å². The molecular formula is C21H15ClN4O5. The minimum atomic E-state index is -0.703. The summed E-state index contributed by atoms with van der Waals surface area (Å²) in [4.78, 5) is 19.5. The van der Waals surface area contributed by atoms with E-state index < -0.39 is 16.4 Å². The van der Waals surface area contributed by atoms with E-state index >= 15 is 0 Å². The lowest BCUT2D eigenvalue weighted by atomic mass is 10.1. The monoisotopic (exact) mass is 438 g/mol. The number of nitro groups is 1. The quantitative estimate of drug-likeness (QED) is 0.264. The van der Waals surface area contributed by atoms with Crippen LogP contribution in [-0.4, -0.2) is 37.8 Å². The van der Waals surface area contributed by atoms with E-state index in [0.29, 0.717) is 22.7 Å². The van der Waals surface area contributed by atoms with Gasteiger partial charge in [-0.2, -0.15) is 0 Å². The van der Waals surface area contributed by atoms with E-state index in [2.05, 4.69) is 9.98 Å². The number of pyridine rings is 1. The molecule has 0 aliphatic carbocycles. The average molecular weight is 439 g/mol. The molecule has 4 aromatic rings. The van der Waals surface area contributed by atoms with Crippen molar-refractivity contribution < 1.29 is 19.9 Å². The summed E-state index contributed by atoms with van der Waals surface area (Å²) in [5.41, 5.74) is 1.55. The summed E-state index contributed by atoms with van der Waals surface area (Å²) in [6.07, 6.45) is 3.14. The van der Waals surface area contributed by atoms with Crippen LogP contribution in [0.1, 0.15) is 5.56 Å². The SMILES string of the molecule is COc1cc(-c2nc3ccccn3c2N=Cc2cc([N+](=O)[O-])c(O)cc2Cl)ccc1O. The topological polar surface area (TPSA) is 122 Å². The Labute approximate surface area is 180 Å². The van der Waals surface area contributed by atoms with Crippen molar-refractivity contribution >= 4 is 35.0 Å². The fraction of sp³-hybridized carbons (Fsp3) is 0.0476. The molecule has 0 bridgehead atoms. The number of rotatable bonds is 5. The molecule has 0 spiro atoms. The molecule has 2 aromatic carbocycles. The zero-order chi connectivity index (χ0) is 22.1. The van der Waals surface area contributed by atoms with E-state index in [-0.39, 0.29) is 22.1 Å². The van der Waals surface area contributed by atoms with E-state index in [1.807, 2.05) is 12.1 Å². The van der Waals surface area contributed by atoms with Gasteiger partial charge in [-0.1, -0.05) is 17.7 Å². The van der Waals surface area contributed by atoms with Crippen LogP contribution in [0.25, 0.3) is 16.9 Å². The molecule has 31 heavy (non-hydrogen) atoms. The largest absolute Gasteiger partial charge is 0.504 e. The molecule has 0 atom stereocenters. The first-order chi connectivity index (χ1) is 14.9. The number of halogens is 1. The van der Waals surface area contributed by atoms with Crippen molar-refractivity contribution in [2.45, 2.75) is 0 Å². The van der Waals surface area contributed by atoms with Gasteiger partial charge in [0.2, 0.25) is 0 Å². The van der Waals surface area contributed by atoms with Gasteiger partial charge in [0, 0.05) is 35.7 Å². The predicted molar refractivity (Wildman–Crippen MR) is 116 cm³/mol. The first-order valence-corrected chi connectivity index (χ1v) is 9.32. The molecule has 9 nitrogen and oxygen atoms in total. The Morgan fingerprint density at radius 3 is 2.74 bits per heavy atom. The Balaban J connectivity index is 1.88. The number of aromatic nitrogens is 2. The molecule has 10 heteroatoms. The lowest BCUT2D eigenvalue weighted by Crippen LogP contribution is -1.92. The van der Waals surface area contributed by atoms with Crippen LogP contribution < -0.4 is 4.74 Å². The van der Waals surface area contributed by atoms with Crippen molar-refractivity contribution in [1.29, 1.82) is 0 Å². The van der Waals surface area contributed by atoms with E-state index in [1.54, 1.807) is 28.8 Å². The van der Waals surface area contributed by atoms with E-state index in [0.717, 1.165) is 12.1 Å². The molecule has 0 aliphatic heterocycles. The number of aliphatic imine (C=N–C) groups is 1. The van der Waals surface area contributed by atoms with Gasteiger partial charge in [-0.25, -0.2) is 9.98 Å². The van der Waals surface area contributed by atoms with Gasteiger partial charge >= 0.3 is 5.69 Å². The number of phenols is 2. The summed E-state index contributed by atoms with van der Waals surface area (Å²) < 4.78 is 6.93. The third kappa shape index (κ3) is 3.74. The number of aromatic hydroxyl groups is 2. The lowest BCUT2D eigenvalue weighted by Gasteiger charge is -2.06. The summed E-state index contributed by atoms with van der Waals surface area (Å²) in [6.45, 7) is 0. The number of nitro benzene ring substituents is 1. The van der Waals surface area contributed by atoms with Crippen LogP contribution in [0, 0.1) is 10.1 Å². The van der Waals surface area contributed by atoms with Crippen molar-refractivity contribution in [3.63, 3.8) is 0 Å². The Morgan fingerprint density at radius 1 is 1.19 bits per heavy atom. The van der Waals surface area contributed by atoms with Crippen molar-refractivity contribution in [1.82, 2.24) is 9.38 Å². The maximum atomic E-state index is 11.1. The highest BCUT2D eigenvalue weighted by atomic mass is 35.5. The van der Waals surface area contributed by atoms with Crippen molar-refractivity contribution in [2.24, 2.45) is 4.99 Å². The molecule has 0 amide bonds. The summed E-state index contributed by atoms with van der Waals surface area (Å²) >= 11 is 6.14. The molecule has 2 aromatic heterocycles. The van der Waals surface area contributed by atoms with Crippen LogP contribution in [0.3, 0.4) is 0 Å². The number of imidazole rings is 1. The summed E-state index contributed by atoms with van der Waals surface area (Å²) in [5.74, 6) is 0.180. The molecule has 0 saturated carbocycles. The molecule has 2 N–H and O–H groups in total. The van der Waals surface area contributed by atoms with E-state index in [9.17, 15) is 20.3 Å². The van der Waals surface area contributed by atoms with Crippen LogP contribution in [-0.2, 0) is 0 Å². The molecule has 0 fully saturated rings. The number of methoxy groups -OCH3 is 1. The number of phenolic OH excluding ortho intramolecular Hbond substituents is 2. The van der Waals surface area contributed by atoms with Gasteiger partial charge in [-0.3, -0.25) is 14.5 Å². The summed E-state index contributed by atoms with van der Waals surface area (Å²) in [6, 6.07) is 12.5. The smallest absolute Gasteiger partial charge is 0.311 e. The highest BCUT2D eigenvalue weighted by molar-refractivity contribution is 6.33. The second-order valence-corrected chi connectivity index (χ2v) is 6.88. The number of hydrogen-bond acceptors (Lipinski definition) is 7. The molecule has 0 aliphatic rings. The lowest BCUT2D eigenvalue weighted by molar-refractivity contribution is -0.385. The van der Waals surface area contributed by atoms with Crippen molar-refractivity contribution in [2.75, 3.05) is 7.11 Å². The van der Waals surface area contributed by atoms with Crippen molar-refractivity contribution in [3.05, 3.63) is 75.4 Å². The molecule has 156 valence electrons. The summed E-state index contributed by atoms with van der Waals surface area (Å²) in [7, 11) is 1.45. The highest BCUT2D eigenvalue weighted by Crippen LogP contribution is 2.37. The fourth-order valence-corrected chi connectivity index (χ4v) is 3.27. The zero-order valence-electron chi connectivity index (χ0n) is 16.1. The second kappa shape index (κ2) is 7.96. The van der Waals surface area contributed by atoms with Gasteiger partial charge in [0.05, 0.1) is 17.1 Å². The van der Waals surface area contributed by atoms with Gasteiger partial charge in [0.25, 0.3) is 0 Å². The van der Waals surface area contributed by atoms with Crippen LogP contribution in [0.2, 0.25) is 5.02 Å². The predicted octanol–water partition coefficient (Wildman–Crippen LogP) is 4.73. The van der Waals surface area contributed by atoms with Gasteiger partial charge in [0.1, 0.15) is 11.3 Å². The molecule has 0 unspecified atom stereocenters. The van der Waals surface area contributed by atoms with Gasteiger partial charge < -0.3 is 14.9 Å². The Morgan fingerprint density at radius 2 is 2.00 bits per heavy atom. The van der Waals surface area contributed by atoms with Crippen LogP contribution in [0.5, 0.6) is 17.2 Å². The Kier molecular flexibility index (Phi) is 5.18. The van der Waals surface area contributed by atoms with Crippen molar-refractivity contribution in [3.8, 4) is 28.5 Å². The van der Waals surface area contributed by atoms with Gasteiger partial charge in [-0.15, -0.1) is 0 Å². The van der Waals surface area contributed by atoms with Crippen LogP contribution in [0.15, 0.2) is 59.7 Å². The molecule has 2 heterocycles. The highest BCUT2D eigenvalue weighted by Gasteiger charge is 2.18. The number of fused-ring (bicyclic) bond motifs is 1. The number of benzene rings is 2. The molecule has 0 radical (unpaired) electrons. The maximum Gasteiger partial charge on any atom is 0.311 e. The average Bonchev–Trinajstić information content (AvgIpc) is 3.12. The number of nitrogens with zero attached hydrogens (tertiary/aromatic N) is 4. The van der Waals surface area contributed by atoms with Gasteiger partial charge in [0.15, 0.2) is 23.1 Å². The molecule has 0 saturated heterocycles.